The van der Waals surface area contributed by atoms with E-state index in [-0.39, 0.29) is 23.0 Å². The van der Waals surface area contributed by atoms with Crippen molar-refractivity contribution in [1.29, 1.82) is 0 Å². The first-order valence-electron chi connectivity index (χ1n) is 9.37. The normalized spacial score (nSPS) is 18.3. The largest absolute Gasteiger partial charge is 0.494 e. The monoisotopic (exact) mass is 411 g/mol. The molecule has 7 nitrogen and oxygen atoms in total. The van der Waals surface area contributed by atoms with Gasteiger partial charge in [0.25, 0.3) is 5.91 Å². The van der Waals surface area contributed by atoms with E-state index in [1.54, 1.807) is 35.2 Å². The smallest absolute Gasteiger partial charge is 0.255 e. The second-order valence-corrected chi connectivity index (χ2v) is 8.33. The summed E-state index contributed by atoms with van der Waals surface area (Å²) in [6.07, 6.45) is 1.36. The quantitative estimate of drug-likeness (QED) is 0.804. The van der Waals surface area contributed by atoms with Crippen molar-refractivity contribution >= 4 is 46.5 Å². The minimum atomic E-state index is -0.294. The maximum atomic E-state index is 12.7. The number of anilines is 3. The van der Waals surface area contributed by atoms with Gasteiger partial charge in [-0.25, -0.2) is 0 Å². The molecule has 0 aliphatic carbocycles. The Morgan fingerprint density at radius 3 is 2.79 bits per heavy atom. The highest BCUT2D eigenvalue weighted by Gasteiger charge is 2.25. The van der Waals surface area contributed by atoms with Crippen LogP contribution < -0.4 is 20.3 Å². The van der Waals surface area contributed by atoms with Gasteiger partial charge >= 0.3 is 0 Å². The fraction of sp³-hybridized carbons (Fsp3) is 0.286. The van der Waals surface area contributed by atoms with Gasteiger partial charge in [0, 0.05) is 35.2 Å². The van der Waals surface area contributed by atoms with E-state index in [9.17, 15) is 14.4 Å². The summed E-state index contributed by atoms with van der Waals surface area (Å²) < 4.78 is 5.43. The fourth-order valence-corrected chi connectivity index (χ4v) is 4.36. The Kier molecular flexibility index (Phi) is 5.19. The van der Waals surface area contributed by atoms with Crippen molar-refractivity contribution in [2.45, 2.75) is 29.9 Å². The Bertz CT molecular complexity index is 1010. The molecule has 2 heterocycles. The van der Waals surface area contributed by atoms with Gasteiger partial charge in [0.15, 0.2) is 0 Å². The standard InChI is InChI=1S/C21H21N3O4S/c1-12-20(26)23-15-10-13(5-8-18(15)29-12)21(27)22-14-6-7-16(17(11-14)28-2)24-9-3-4-19(24)25/h5-8,10-12H,3-4,9H2,1-2H3,(H,22,27)(H,23,26). The van der Waals surface area contributed by atoms with E-state index < -0.39 is 0 Å². The Morgan fingerprint density at radius 2 is 2.07 bits per heavy atom. The van der Waals surface area contributed by atoms with Gasteiger partial charge in [-0.1, -0.05) is 0 Å². The van der Waals surface area contributed by atoms with Gasteiger partial charge in [-0.05, 0) is 43.7 Å². The molecule has 0 spiro atoms. The van der Waals surface area contributed by atoms with Gasteiger partial charge in [-0.2, -0.15) is 0 Å². The predicted octanol–water partition coefficient (Wildman–Crippen LogP) is 3.51. The summed E-state index contributed by atoms with van der Waals surface area (Å²) in [6, 6.07) is 10.5. The second kappa shape index (κ2) is 7.79. The summed E-state index contributed by atoms with van der Waals surface area (Å²) in [7, 11) is 1.54. The van der Waals surface area contributed by atoms with Crippen molar-refractivity contribution in [3.8, 4) is 5.75 Å². The molecule has 1 atom stereocenters. The lowest BCUT2D eigenvalue weighted by molar-refractivity contribution is -0.117. The highest BCUT2D eigenvalue weighted by atomic mass is 32.2. The minimum Gasteiger partial charge on any atom is -0.494 e. The number of rotatable bonds is 4. The Hall–Kier alpha value is -3.00. The highest BCUT2D eigenvalue weighted by Crippen LogP contribution is 2.37. The molecule has 2 aliphatic rings. The molecule has 0 saturated carbocycles. The third kappa shape index (κ3) is 3.80. The van der Waals surface area contributed by atoms with Gasteiger partial charge in [0.05, 0.1) is 23.7 Å². The van der Waals surface area contributed by atoms with Crippen LogP contribution in [-0.4, -0.2) is 36.6 Å². The number of ether oxygens (including phenoxy) is 1. The van der Waals surface area contributed by atoms with E-state index >= 15 is 0 Å². The van der Waals surface area contributed by atoms with Crippen LogP contribution in [0.3, 0.4) is 0 Å². The molecular weight excluding hydrogens is 390 g/mol. The lowest BCUT2D eigenvalue weighted by Crippen LogP contribution is -2.26. The number of hydrogen-bond acceptors (Lipinski definition) is 5. The first-order valence-corrected chi connectivity index (χ1v) is 10.3. The summed E-state index contributed by atoms with van der Waals surface area (Å²) in [5.74, 6) is 0.235. The van der Waals surface area contributed by atoms with Crippen LogP contribution in [-0.2, 0) is 9.59 Å². The molecule has 0 bridgehead atoms. The summed E-state index contributed by atoms with van der Waals surface area (Å²) >= 11 is 1.47. The van der Waals surface area contributed by atoms with Crippen LogP contribution in [0.5, 0.6) is 5.75 Å². The average Bonchev–Trinajstić information content (AvgIpc) is 3.14. The molecule has 2 aromatic rings. The van der Waals surface area contributed by atoms with Crippen LogP contribution in [0.2, 0.25) is 0 Å². The molecule has 29 heavy (non-hydrogen) atoms. The highest BCUT2D eigenvalue weighted by molar-refractivity contribution is 8.00. The molecule has 1 unspecified atom stereocenters. The number of methoxy groups -OCH3 is 1. The van der Waals surface area contributed by atoms with Crippen LogP contribution in [0.4, 0.5) is 17.1 Å². The predicted molar refractivity (Wildman–Crippen MR) is 113 cm³/mol. The number of fused-ring (bicyclic) bond motifs is 1. The van der Waals surface area contributed by atoms with Gasteiger partial charge in [0.1, 0.15) is 5.75 Å². The SMILES string of the molecule is COc1cc(NC(=O)c2ccc3c(c2)NC(=O)C(C)S3)ccc1N1CCCC1=O. The molecule has 0 radical (unpaired) electrons. The van der Waals surface area contributed by atoms with E-state index in [1.165, 1.54) is 18.9 Å². The number of nitrogens with one attached hydrogen (secondary N) is 2. The molecule has 0 aromatic heterocycles. The molecule has 1 saturated heterocycles. The zero-order valence-corrected chi connectivity index (χ0v) is 17.0. The molecule has 4 rings (SSSR count). The van der Waals surface area contributed by atoms with Crippen molar-refractivity contribution in [2.24, 2.45) is 0 Å². The van der Waals surface area contributed by atoms with Crippen LogP contribution in [0.25, 0.3) is 0 Å². The number of thioether (sulfide) groups is 1. The van der Waals surface area contributed by atoms with Crippen molar-refractivity contribution < 1.29 is 19.1 Å². The van der Waals surface area contributed by atoms with Crippen LogP contribution >= 0.6 is 11.8 Å². The van der Waals surface area contributed by atoms with Crippen LogP contribution in [0.1, 0.15) is 30.1 Å². The Balaban J connectivity index is 1.53. The summed E-state index contributed by atoms with van der Waals surface area (Å²) in [4.78, 5) is 39.3. The fourth-order valence-electron chi connectivity index (χ4n) is 3.43. The second-order valence-electron chi connectivity index (χ2n) is 6.95. The first-order chi connectivity index (χ1) is 14.0. The molecule has 2 aromatic carbocycles. The maximum absolute atomic E-state index is 12.7. The number of amides is 3. The Morgan fingerprint density at radius 1 is 1.24 bits per heavy atom. The number of carbonyl (C=O) groups is 3. The number of nitrogens with zero attached hydrogens (tertiary/aromatic N) is 1. The van der Waals surface area contributed by atoms with E-state index in [4.69, 9.17) is 4.74 Å². The van der Waals surface area contributed by atoms with Gasteiger partial charge in [-0.15, -0.1) is 11.8 Å². The average molecular weight is 411 g/mol. The lowest BCUT2D eigenvalue weighted by Gasteiger charge is -2.22. The van der Waals surface area contributed by atoms with E-state index in [1.807, 2.05) is 13.0 Å². The van der Waals surface area contributed by atoms with Gasteiger partial charge in [0.2, 0.25) is 11.8 Å². The van der Waals surface area contributed by atoms with Crippen LogP contribution in [0, 0.1) is 0 Å². The van der Waals surface area contributed by atoms with E-state index in [0.717, 1.165) is 11.3 Å². The van der Waals surface area contributed by atoms with Crippen molar-refractivity contribution in [3.63, 3.8) is 0 Å². The van der Waals surface area contributed by atoms with E-state index in [0.29, 0.717) is 41.3 Å². The van der Waals surface area contributed by atoms with E-state index in [2.05, 4.69) is 10.6 Å². The van der Waals surface area contributed by atoms with Crippen molar-refractivity contribution in [2.75, 3.05) is 29.2 Å². The molecule has 150 valence electrons. The zero-order chi connectivity index (χ0) is 20.5. The third-order valence-corrected chi connectivity index (χ3v) is 6.15. The lowest BCUT2D eigenvalue weighted by atomic mass is 10.1. The molecule has 1 fully saturated rings. The molecule has 3 amide bonds. The Labute approximate surface area is 172 Å². The zero-order valence-electron chi connectivity index (χ0n) is 16.2. The third-order valence-electron chi connectivity index (χ3n) is 4.97. The number of benzene rings is 2. The van der Waals surface area contributed by atoms with Gasteiger partial charge < -0.3 is 20.3 Å². The molecular formula is C21H21N3O4S. The number of hydrogen-bond donors (Lipinski definition) is 2. The van der Waals surface area contributed by atoms with Crippen LogP contribution in [0.15, 0.2) is 41.3 Å². The molecule has 8 heteroatoms. The summed E-state index contributed by atoms with van der Waals surface area (Å²) in [5, 5.41) is 5.52. The van der Waals surface area contributed by atoms with Crippen molar-refractivity contribution in [3.05, 3.63) is 42.0 Å². The summed E-state index contributed by atoms with van der Waals surface area (Å²) in [6.45, 7) is 2.51. The maximum Gasteiger partial charge on any atom is 0.255 e. The van der Waals surface area contributed by atoms with Gasteiger partial charge in [-0.3, -0.25) is 14.4 Å². The molecule has 2 N–H and O–H groups in total. The molecule has 2 aliphatic heterocycles. The summed E-state index contributed by atoms with van der Waals surface area (Å²) in [5.41, 5.74) is 2.35. The first kappa shape index (κ1) is 19.3. The number of carbonyl (C=O) groups excluding carboxylic acids is 3. The minimum absolute atomic E-state index is 0.0724. The van der Waals surface area contributed by atoms with Crippen molar-refractivity contribution in [1.82, 2.24) is 0 Å². The topological polar surface area (TPSA) is 87.7 Å².